The first-order valence-electron chi connectivity index (χ1n) is 4.46. The van der Waals surface area contributed by atoms with Crippen LogP contribution in [0, 0.1) is 6.92 Å². The third kappa shape index (κ3) is 3.93. The van der Waals surface area contributed by atoms with E-state index < -0.39 is 0 Å². The average molecular weight is 212 g/mol. The molecule has 0 aromatic carbocycles. The van der Waals surface area contributed by atoms with Gasteiger partial charge in [0.05, 0.1) is 0 Å². The van der Waals surface area contributed by atoms with Gasteiger partial charge < -0.3 is 10.6 Å². The molecule has 78 valence electrons. The summed E-state index contributed by atoms with van der Waals surface area (Å²) in [5, 5.41) is 0.955. The van der Waals surface area contributed by atoms with Gasteiger partial charge in [0, 0.05) is 18.4 Å². The van der Waals surface area contributed by atoms with Gasteiger partial charge in [0.2, 0.25) is 0 Å². The maximum absolute atomic E-state index is 5.62. The normalized spacial score (nSPS) is 10.9. The quantitative estimate of drug-likeness (QED) is 0.596. The van der Waals surface area contributed by atoms with Gasteiger partial charge in [0.1, 0.15) is 16.7 Å². The molecule has 1 rings (SSSR count). The Hall–Kier alpha value is -0.810. The van der Waals surface area contributed by atoms with Gasteiger partial charge in [-0.3, -0.25) is 0 Å². The second-order valence-corrected chi connectivity index (χ2v) is 4.45. The molecular formula is C9H16N4S. The average Bonchev–Trinajstić information content (AvgIpc) is 2.01. The van der Waals surface area contributed by atoms with E-state index in [2.05, 4.69) is 29.0 Å². The minimum atomic E-state index is 0.546. The Morgan fingerprint density at radius 2 is 2.14 bits per heavy atom. The molecule has 1 heterocycles. The fraction of sp³-hybridized carbons (Fsp3) is 0.556. The van der Waals surface area contributed by atoms with Crippen molar-refractivity contribution in [2.45, 2.75) is 11.9 Å². The highest BCUT2D eigenvalue weighted by atomic mass is 32.2. The van der Waals surface area contributed by atoms with Crippen LogP contribution in [0.25, 0.3) is 0 Å². The zero-order valence-corrected chi connectivity index (χ0v) is 9.64. The molecular weight excluding hydrogens is 196 g/mol. The van der Waals surface area contributed by atoms with Crippen LogP contribution in [0.2, 0.25) is 0 Å². The summed E-state index contributed by atoms with van der Waals surface area (Å²) in [5.74, 6) is 2.30. The van der Waals surface area contributed by atoms with Crippen LogP contribution in [-0.2, 0) is 0 Å². The number of aromatic nitrogens is 2. The highest BCUT2D eigenvalue weighted by Crippen LogP contribution is 2.16. The van der Waals surface area contributed by atoms with E-state index in [0.29, 0.717) is 5.82 Å². The Balaban J connectivity index is 2.50. The molecule has 0 amide bonds. The van der Waals surface area contributed by atoms with Gasteiger partial charge in [0.15, 0.2) is 0 Å². The summed E-state index contributed by atoms with van der Waals surface area (Å²) in [6.07, 6.45) is 0. The molecule has 0 aliphatic rings. The van der Waals surface area contributed by atoms with Gasteiger partial charge >= 0.3 is 0 Å². The molecule has 0 radical (unpaired) electrons. The smallest absolute Gasteiger partial charge is 0.128 e. The largest absolute Gasteiger partial charge is 0.384 e. The molecule has 0 saturated heterocycles. The van der Waals surface area contributed by atoms with E-state index in [1.165, 1.54) is 0 Å². The number of anilines is 1. The Morgan fingerprint density at radius 3 is 2.71 bits per heavy atom. The molecule has 0 unspecified atom stereocenters. The summed E-state index contributed by atoms with van der Waals surface area (Å²) >= 11 is 1.70. The second kappa shape index (κ2) is 5.17. The van der Waals surface area contributed by atoms with E-state index in [-0.39, 0.29) is 0 Å². The molecule has 0 aliphatic heterocycles. The van der Waals surface area contributed by atoms with Gasteiger partial charge in [-0.05, 0) is 21.0 Å². The number of nitrogens with two attached hydrogens (primary N) is 1. The van der Waals surface area contributed by atoms with Crippen molar-refractivity contribution in [1.82, 2.24) is 14.9 Å². The van der Waals surface area contributed by atoms with Crippen LogP contribution < -0.4 is 5.73 Å². The van der Waals surface area contributed by atoms with E-state index in [9.17, 15) is 0 Å². The van der Waals surface area contributed by atoms with Gasteiger partial charge in [-0.2, -0.15) is 0 Å². The lowest BCUT2D eigenvalue weighted by Gasteiger charge is -2.08. The fourth-order valence-electron chi connectivity index (χ4n) is 0.969. The summed E-state index contributed by atoms with van der Waals surface area (Å²) in [6, 6.07) is 1.81. The lowest BCUT2D eigenvalue weighted by atomic mass is 10.5. The van der Waals surface area contributed by atoms with E-state index in [0.717, 1.165) is 23.1 Å². The van der Waals surface area contributed by atoms with E-state index in [4.69, 9.17) is 5.73 Å². The third-order valence-corrected chi connectivity index (χ3v) is 2.51. The van der Waals surface area contributed by atoms with Crippen LogP contribution in [-0.4, -0.2) is 41.3 Å². The first kappa shape index (κ1) is 11.3. The van der Waals surface area contributed by atoms with Crippen LogP contribution in [0.3, 0.4) is 0 Å². The summed E-state index contributed by atoms with van der Waals surface area (Å²) in [7, 11) is 4.11. The number of thioether (sulfide) groups is 1. The Labute approximate surface area is 88.9 Å². The van der Waals surface area contributed by atoms with Crippen LogP contribution in [0.4, 0.5) is 5.82 Å². The highest BCUT2D eigenvalue weighted by Gasteiger charge is 2.00. The van der Waals surface area contributed by atoms with Crippen LogP contribution >= 0.6 is 11.8 Å². The van der Waals surface area contributed by atoms with Gasteiger partial charge in [-0.15, -0.1) is 11.8 Å². The number of rotatable bonds is 4. The topological polar surface area (TPSA) is 55.0 Å². The van der Waals surface area contributed by atoms with Crippen molar-refractivity contribution in [3.05, 3.63) is 11.9 Å². The van der Waals surface area contributed by atoms with Crippen molar-refractivity contribution in [2.75, 3.05) is 32.1 Å². The highest BCUT2D eigenvalue weighted by molar-refractivity contribution is 7.99. The van der Waals surface area contributed by atoms with Crippen molar-refractivity contribution in [3.63, 3.8) is 0 Å². The van der Waals surface area contributed by atoms with Crippen molar-refractivity contribution in [3.8, 4) is 0 Å². The van der Waals surface area contributed by atoms with Gasteiger partial charge in [-0.25, -0.2) is 9.97 Å². The Morgan fingerprint density at radius 1 is 1.43 bits per heavy atom. The SMILES string of the molecule is Cc1nc(N)cc(SCCN(C)C)n1. The molecule has 0 aliphatic carbocycles. The molecule has 2 N–H and O–H groups in total. The van der Waals surface area contributed by atoms with E-state index in [1.54, 1.807) is 11.8 Å². The van der Waals surface area contributed by atoms with Crippen LogP contribution in [0.5, 0.6) is 0 Å². The number of hydrogen-bond donors (Lipinski definition) is 1. The number of aryl methyl sites for hydroxylation is 1. The maximum atomic E-state index is 5.62. The van der Waals surface area contributed by atoms with Gasteiger partial charge in [-0.1, -0.05) is 0 Å². The molecule has 4 nitrogen and oxygen atoms in total. The Bertz CT molecular complexity index is 281. The summed E-state index contributed by atoms with van der Waals surface area (Å²) < 4.78 is 0. The molecule has 5 heteroatoms. The first-order chi connectivity index (χ1) is 6.58. The van der Waals surface area contributed by atoms with Crippen LogP contribution in [0.15, 0.2) is 11.1 Å². The Kier molecular flexibility index (Phi) is 4.16. The lowest BCUT2D eigenvalue weighted by molar-refractivity contribution is 0.437. The van der Waals surface area contributed by atoms with E-state index >= 15 is 0 Å². The lowest BCUT2D eigenvalue weighted by Crippen LogP contribution is -2.14. The zero-order chi connectivity index (χ0) is 10.6. The molecule has 0 fully saturated rings. The molecule has 14 heavy (non-hydrogen) atoms. The van der Waals surface area contributed by atoms with Crippen molar-refractivity contribution >= 4 is 17.6 Å². The molecule has 1 aromatic rings. The van der Waals surface area contributed by atoms with Gasteiger partial charge in [0.25, 0.3) is 0 Å². The maximum Gasteiger partial charge on any atom is 0.128 e. The second-order valence-electron chi connectivity index (χ2n) is 3.33. The molecule has 0 saturated carbocycles. The monoisotopic (exact) mass is 212 g/mol. The van der Waals surface area contributed by atoms with Crippen molar-refractivity contribution in [1.29, 1.82) is 0 Å². The summed E-state index contributed by atoms with van der Waals surface area (Å²) in [4.78, 5) is 10.4. The number of nitrogen functional groups attached to an aromatic ring is 1. The first-order valence-corrected chi connectivity index (χ1v) is 5.45. The number of hydrogen-bond acceptors (Lipinski definition) is 5. The zero-order valence-electron chi connectivity index (χ0n) is 8.82. The molecule has 0 bridgehead atoms. The predicted molar refractivity (Wildman–Crippen MR) is 60.5 cm³/mol. The van der Waals surface area contributed by atoms with Crippen molar-refractivity contribution in [2.24, 2.45) is 0 Å². The van der Waals surface area contributed by atoms with E-state index in [1.807, 2.05) is 13.0 Å². The van der Waals surface area contributed by atoms with Crippen LogP contribution in [0.1, 0.15) is 5.82 Å². The fourth-order valence-corrected chi connectivity index (χ4v) is 2.04. The molecule has 0 atom stereocenters. The summed E-state index contributed by atoms with van der Waals surface area (Å²) in [6.45, 7) is 2.89. The molecule has 1 aromatic heterocycles. The standard InChI is InChI=1S/C9H16N4S/c1-7-11-8(10)6-9(12-7)14-5-4-13(2)3/h6H,4-5H2,1-3H3,(H2,10,11,12). The number of nitrogens with zero attached hydrogens (tertiary/aromatic N) is 3. The predicted octanol–water partition coefficient (Wildman–Crippen LogP) is 1.02. The summed E-state index contributed by atoms with van der Waals surface area (Å²) in [5.41, 5.74) is 5.62. The van der Waals surface area contributed by atoms with Crippen molar-refractivity contribution < 1.29 is 0 Å². The minimum Gasteiger partial charge on any atom is -0.384 e. The third-order valence-electron chi connectivity index (χ3n) is 1.62. The molecule has 0 spiro atoms. The minimum absolute atomic E-state index is 0.546.